The summed E-state index contributed by atoms with van der Waals surface area (Å²) in [6.45, 7) is 3.93. The predicted molar refractivity (Wildman–Crippen MR) is 83.6 cm³/mol. The molecule has 22 heavy (non-hydrogen) atoms. The minimum atomic E-state index is -0.487. The van der Waals surface area contributed by atoms with Gasteiger partial charge >= 0.3 is 11.8 Å². The molecular weight excluding hydrogens is 280 g/mol. The molecule has 5 heteroatoms. The topological polar surface area (TPSA) is 75.5 Å². The van der Waals surface area contributed by atoms with Gasteiger partial charge in [-0.2, -0.15) is 0 Å². The van der Waals surface area contributed by atoms with E-state index in [0.29, 0.717) is 11.1 Å². The normalized spacial score (nSPS) is 11.1. The molecule has 0 heterocycles. The number of hydrogen-bond donors (Lipinski definition) is 2. The molecule has 0 amide bonds. The van der Waals surface area contributed by atoms with Crippen molar-refractivity contribution in [3.63, 3.8) is 0 Å². The van der Waals surface area contributed by atoms with Gasteiger partial charge < -0.3 is 4.74 Å². The zero-order valence-electron chi connectivity index (χ0n) is 12.8. The molecule has 2 aromatic carbocycles. The van der Waals surface area contributed by atoms with E-state index in [1.54, 1.807) is 43.5 Å². The molecule has 0 aliphatic rings. The number of carbonyl (C=O) groups excluding carboxylic acids is 1. The van der Waals surface area contributed by atoms with Gasteiger partial charge in [0.1, 0.15) is 5.75 Å². The van der Waals surface area contributed by atoms with Gasteiger partial charge in [0.15, 0.2) is 0 Å². The summed E-state index contributed by atoms with van der Waals surface area (Å²) in [7, 11) is 1.59. The summed E-state index contributed by atoms with van der Waals surface area (Å²) < 4.78 is 5.07. The van der Waals surface area contributed by atoms with Gasteiger partial charge in [-0.25, -0.2) is 4.79 Å². The molecule has 0 atom stereocenters. The van der Waals surface area contributed by atoms with Gasteiger partial charge in [0, 0.05) is 0 Å². The van der Waals surface area contributed by atoms with Crippen LogP contribution in [-0.2, 0) is 4.84 Å². The molecule has 0 saturated carbocycles. The molecule has 0 bridgehead atoms. The van der Waals surface area contributed by atoms with Crippen LogP contribution in [0.5, 0.6) is 5.75 Å². The summed E-state index contributed by atoms with van der Waals surface area (Å²) in [6.07, 6.45) is 0. The van der Waals surface area contributed by atoms with Crippen LogP contribution in [0.15, 0.2) is 42.5 Å². The molecule has 2 aromatic rings. The van der Waals surface area contributed by atoms with Crippen LogP contribution in [0.3, 0.4) is 0 Å². The summed E-state index contributed by atoms with van der Waals surface area (Å²) in [5, 5.41) is 2.47. The van der Waals surface area contributed by atoms with Gasteiger partial charge in [0.2, 0.25) is 0 Å². The van der Waals surface area contributed by atoms with Crippen molar-refractivity contribution in [1.29, 1.82) is 0 Å². The average molecular weight is 299 g/mol. The maximum atomic E-state index is 12.0. The van der Waals surface area contributed by atoms with Crippen LogP contribution in [0.2, 0.25) is 0 Å². The largest absolute Gasteiger partial charge is 0.497 e. The fraction of sp³-hybridized carbons (Fsp3) is 0.176. The van der Waals surface area contributed by atoms with E-state index in [4.69, 9.17) is 15.3 Å². The number of nitrogens with one attached hydrogen (secondary N) is 1. The number of nitrogens with two attached hydrogens (primary N) is 1. The summed E-state index contributed by atoms with van der Waals surface area (Å²) in [6, 6.07) is 12.5. The summed E-state index contributed by atoms with van der Waals surface area (Å²) in [5.74, 6) is 0.489. The summed E-state index contributed by atoms with van der Waals surface area (Å²) in [4.78, 5) is 17.0. The monoisotopic (exact) mass is 299 g/mol. The van der Waals surface area contributed by atoms with Crippen LogP contribution in [0.4, 0.5) is 0 Å². The minimum Gasteiger partial charge on any atom is -0.497 e. The molecule has 2 rings (SSSR count). The lowest BCUT2D eigenvalue weighted by molar-refractivity contribution is -0.721. The van der Waals surface area contributed by atoms with Crippen LogP contribution in [-0.4, -0.2) is 18.9 Å². The fourth-order valence-electron chi connectivity index (χ4n) is 1.86. The zero-order valence-corrected chi connectivity index (χ0v) is 12.8. The maximum absolute atomic E-state index is 12.0. The predicted octanol–water partition coefficient (Wildman–Crippen LogP) is 0.870. The Morgan fingerprint density at radius 3 is 2.23 bits per heavy atom. The SMILES string of the molecule is COc1ccc(C(N)=[NH+]OC(=O)c2ccc(C)c(C)c2)cc1. The van der Waals surface area contributed by atoms with Gasteiger partial charge in [-0.3, -0.25) is 10.6 Å². The van der Waals surface area contributed by atoms with Gasteiger partial charge in [-0.15, -0.1) is 0 Å². The van der Waals surface area contributed by atoms with Crippen LogP contribution in [0.25, 0.3) is 0 Å². The van der Waals surface area contributed by atoms with Crippen molar-refractivity contribution in [3.05, 3.63) is 64.7 Å². The Bertz CT molecular complexity index is 706. The summed E-state index contributed by atoms with van der Waals surface area (Å²) in [5.41, 5.74) is 9.18. The van der Waals surface area contributed by atoms with Crippen molar-refractivity contribution in [1.82, 2.24) is 0 Å². The first-order valence-electron chi connectivity index (χ1n) is 6.82. The molecule has 0 fully saturated rings. The zero-order chi connectivity index (χ0) is 16.1. The molecule has 0 radical (unpaired) electrons. The number of amidine groups is 1. The third kappa shape index (κ3) is 3.63. The summed E-state index contributed by atoms with van der Waals surface area (Å²) >= 11 is 0. The highest BCUT2D eigenvalue weighted by Gasteiger charge is 2.11. The lowest BCUT2D eigenvalue weighted by Gasteiger charge is -2.02. The quantitative estimate of drug-likeness (QED) is 0.380. The van der Waals surface area contributed by atoms with E-state index in [9.17, 15) is 4.79 Å². The Kier molecular flexibility index (Phi) is 4.78. The van der Waals surface area contributed by atoms with E-state index in [2.05, 4.69) is 5.16 Å². The standard InChI is InChI=1S/C17H18N2O3/c1-11-4-5-14(10-12(11)2)17(20)22-19-16(18)13-6-8-15(21-3)9-7-13/h4-10H,1-3H3,(H2,18,19)/p+1. The Morgan fingerprint density at radius 1 is 1.00 bits per heavy atom. The molecule has 0 aliphatic carbocycles. The van der Waals surface area contributed by atoms with Crippen LogP contribution in [0, 0.1) is 13.8 Å². The third-order valence-electron chi connectivity index (χ3n) is 3.40. The van der Waals surface area contributed by atoms with E-state index in [1.165, 1.54) is 0 Å². The highest BCUT2D eigenvalue weighted by Crippen LogP contribution is 2.11. The van der Waals surface area contributed by atoms with Crippen molar-refractivity contribution in [3.8, 4) is 5.75 Å². The minimum absolute atomic E-state index is 0.250. The molecule has 5 nitrogen and oxygen atoms in total. The highest BCUT2D eigenvalue weighted by atomic mass is 16.7. The van der Waals surface area contributed by atoms with Crippen LogP contribution >= 0.6 is 0 Å². The molecule has 0 aromatic heterocycles. The second-order valence-electron chi connectivity index (χ2n) is 4.93. The molecule has 114 valence electrons. The second-order valence-corrected chi connectivity index (χ2v) is 4.93. The van der Waals surface area contributed by atoms with Crippen molar-refractivity contribution in [2.75, 3.05) is 7.11 Å². The molecular formula is C17H19N2O3+. The van der Waals surface area contributed by atoms with Crippen molar-refractivity contribution in [2.24, 2.45) is 5.73 Å². The van der Waals surface area contributed by atoms with Crippen molar-refractivity contribution in [2.45, 2.75) is 13.8 Å². The van der Waals surface area contributed by atoms with Crippen molar-refractivity contribution >= 4 is 11.8 Å². The first kappa shape index (κ1) is 15.6. The molecule has 0 saturated heterocycles. The van der Waals surface area contributed by atoms with Crippen molar-refractivity contribution < 1.29 is 19.5 Å². The number of carbonyl (C=O) groups is 1. The first-order valence-corrected chi connectivity index (χ1v) is 6.82. The number of benzene rings is 2. The fourth-order valence-corrected chi connectivity index (χ4v) is 1.86. The smallest absolute Gasteiger partial charge is 0.387 e. The number of hydrogen-bond acceptors (Lipinski definition) is 3. The van der Waals surface area contributed by atoms with Gasteiger partial charge in [0.25, 0.3) is 0 Å². The van der Waals surface area contributed by atoms with Gasteiger partial charge in [-0.05, 0) is 61.4 Å². The average Bonchev–Trinajstić information content (AvgIpc) is 2.54. The number of ether oxygens (including phenoxy) is 1. The Labute approximate surface area is 129 Å². The van der Waals surface area contributed by atoms with E-state index in [1.807, 2.05) is 19.9 Å². The van der Waals surface area contributed by atoms with Gasteiger partial charge in [0.05, 0.1) is 18.2 Å². The number of methoxy groups -OCH3 is 1. The lowest BCUT2D eigenvalue weighted by atomic mass is 10.1. The van der Waals surface area contributed by atoms with E-state index in [0.717, 1.165) is 16.9 Å². The number of nitrogen functional groups attached to an aromatic ring is 1. The first-order chi connectivity index (χ1) is 10.5. The highest BCUT2D eigenvalue weighted by molar-refractivity contribution is 5.93. The molecule has 0 spiro atoms. The second kappa shape index (κ2) is 6.76. The molecule has 0 unspecified atom stereocenters. The van der Waals surface area contributed by atoms with E-state index < -0.39 is 5.97 Å². The Hall–Kier alpha value is -2.82. The number of rotatable bonds is 4. The lowest BCUT2D eigenvalue weighted by Crippen LogP contribution is -2.75. The third-order valence-corrected chi connectivity index (χ3v) is 3.40. The molecule has 0 aliphatic heterocycles. The van der Waals surface area contributed by atoms with E-state index >= 15 is 0 Å². The Balaban J connectivity index is 2.08. The van der Waals surface area contributed by atoms with Crippen LogP contribution < -0.4 is 15.6 Å². The molecule has 3 N–H and O–H groups in total. The van der Waals surface area contributed by atoms with E-state index in [-0.39, 0.29) is 5.84 Å². The van der Waals surface area contributed by atoms with Gasteiger partial charge in [-0.1, -0.05) is 11.2 Å². The maximum Gasteiger partial charge on any atom is 0.387 e. The number of aryl methyl sites for hydroxylation is 2. The Morgan fingerprint density at radius 2 is 1.64 bits per heavy atom. The van der Waals surface area contributed by atoms with Crippen LogP contribution in [0.1, 0.15) is 27.0 Å².